The molecule has 7 heteroatoms. The molecule has 0 bridgehead atoms. The number of carbonyl (C=O) groups is 1. The van der Waals surface area contributed by atoms with Crippen LogP contribution in [0.25, 0.3) is 21.3 Å². The van der Waals surface area contributed by atoms with Gasteiger partial charge in [0.2, 0.25) is 0 Å². The summed E-state index contributed by atoms with van der Waals surface area (Å²) in [4.78, 5) is 33.1. The highest BCUT2D eigenvalue weighted by Gasteiger charge is 2.36. The number of rotatable bonds is 6. The Bertz CT molecular complexity index is 1160. The van der Waals surface area contributed by atoms with E-state index in [4.69, 9.17) is 14.5 Å². The van der Waals surface area contributed by atoms with Crippen LogP contribution in [-0.2, 0) is 15.1 Å². The number of thiophene rings is 1. The van der Waals surface area contributed by atoms with Crippen molar-refractivity contribution in [2.75, 3.05) is 13.7 Å². The fourth-order valence-corrected chi connectivity index (χ4v) is 4.67. The van der Waals surface area contributed by atoms with E-state index in [1.807, 2.05) is 45.0 Å². The fraction of sp³-hybridized carbons (Fsp3) is 0.435. The minimum absolute atomic E-state index is 0.0431. The molecule has 0 unspecified atom stereocenters. The van der Waals surface area contributed by atoms with Gasteiger partial charge in [-0.1, -0.05) is 26.0 Å². The molecule has 0 amide bonds. The fourth-order valence-electron chi connectivity index (χ4n) is 3.63. The summed E-state index contributed by atoms with van der Waals surface area (Å²) >= 11 is 1.49. The van der Waals surface area contributed by atoms with Crippen LogP contribution in [0.15, 0.2) is 29.1 Å². The minimum atomic E-state index is -1.19. The van der Waals surface area contributed by atoms with E-state index < -0.39 is 11.5 Å². The second-order valence-corrected chi connectivity index (χ2v) is 9.19. The third-order valence-electron chi connectivity index (χ3n) is 5.14. The molecule has 0 spiro atoms. The van der Waals surface area contributed by atoms with Crippen molar-refractivity contribution in [2.45, 2.75) is 53.0 Å². The molecule has 30 heavy (non-hydrogen) atoms. The highest BCUT2D eigenvalue weighted by Crippen LogP contribution is 2.38. The Balaban J connectivity index is 2.40. The third-order valence-corrected chi connectivity index (χ3v) is 6.14. The molecule has 0 aliphatic rings. The predicted molar refractivity (Wildman–Crippen MR) is 121 cm³/mol. The normalized spacial score (nSPS) is 11.9. The zero-order valence-corrected chi connectivity index (χ0v) is 19.3. The molecule has 1 aromatic carbocycles. The van der Waals surface area contributed by atoms with Crippen molar-refractivity contribution < 1.29 is 14.3 Å². The van der Waals surface area contributed by atoms with Crippen molar-refractivity contribution in [2.24, 2.45) is 0 Å². The van der Waals surface area contributed by atoms with E-state index in [-0.39, 0.29) is 18.1 Å². The summed E-state index contributed by atoms with van der Waals surface area (Å²) in [6, 6.07) is 7.62. The van der Waals surface area contributed by atoms with Gasteiger partial charge in [0.25, 0.3) is 5.56 Å². The van der Waals surface area contributed by atoms with Crippen molar-refractivity contribution in [3.63, 3.8) is 0 Å². The van der Waals surface area contributed by atoms with Crippen LogP contribution >= 0.6 is 11.3 Å². The molecule has 160 valence electrons. The van der Waals surface area contributed by atoms with Crippen LogP contribution in [0, 0.1) is 6.92 Å². The molecule has 0 saturated heterocycles. The van der Waals surface area contributed by atoms with Gasteiger partial charge in [-0.15, -0.1) is 11.3 Å². The van der Waals surface area contributed by atoms with E-state index in [2.05, 4.69) is 0 Å². The predicted octanol–water partition coefficient (Wildman–Crippen LogP) is 4.86. The summed E-state index contributed by atoms with van der Waals surface area (Å²) in [6.07, 6.45) is 0. The second kappa shape index (κ2) is 8.22. The first kappa shape index (κ1) is 22.0. The highest BCUT2D eigenvalue weighted by atomic mass is 32.1. The molecule has 2 aromatic heterocycles. The Hall–Kier alpha value is -2.67. The van der Waals surface area contributed by atoms with Gasteiger partial charge in [-0.3, -0.25) is 9.36 Å². The molecule has 0 aliphatic carbocycles. The number of ether oxygens (including phenoxy) is 2. The lowest BCUT2D eigenvalue weighted by Crippen LogP contribution is -2.46. The van der Waals surface area contributed by atoms with Crippen LogP contribution in [0.1, 0.15) is 51.2 Å². The van der Waals surface area contributed by atoms with Crippen LogP contribution in [0.3, 0.4) is 0 Å². The van der Waals surface area contributed by atoms with Gasteiger partial charge in [-0.25, -0.2) is 9.78 Å². The monoisotopic (exact) mass is 428 g/mol. The average molecular weight is 429 g/mol. The minimum Gasteiger partial charge on any atom is -0.497 e. The number of nitrogens with zero attached hydrogens (tertiary/aromatic N) is 2. The van der Waals surface area contributed by atoms with Crippen molar-refractivity contribution in [1.82, 2.24) is 9.55 Å². The van der Waals surface area contributed by atoms with Gasteiger partial charge in [0.15, 0.2) is 0 Å². The molecule has 0 aliphatic heterocycles. The number of esters is 1. The van der Waals surface area contributed by atoms with E-state index in [0.29, 0.717) is 21.8 Å². The standard InChI is InChI=1S/C23H28N2O4S/c1-8-29-22(27)23(5,6)25-19(13(2)3)24-20-18(21(25)26)17(14(4)30-20)15-10-9-11-16(12-15)28-7/h9-13H,8H2,1-7H3. The van der Waals surface area contributed by atoms with Gasteiger partial charge in [-0.2, -0.15) is 0 Å². The summed E-state index contributed by atoms with van der Waals surface area (Å²) in [7, 11) is 1.61. The van der Waals surface area contributed by atoms with E-state index in [9.17, 15) is 9.59 Å². The maximum Gasteiger partial charge on any atom is 0.331 e. The maximum absolute atomic E-state index is 13.9. The molecule has 0 atom stereocenters. The lowest BCUT2D eigenvalue weighted by Gasteiger charge is -2.28. The van der Waals surface area contributed by atoms with Gasteiger partial charge in [-0.05, 0) is 45.4 Å². The number of fused-ring (bicyclic) bond motifs is 1. The zero-order valence-electron chi connectivity index (χ0n) is 18.5. The van der Waals surface area contributed by atoms with Crippen molar-refractivity contribution in [3.05, 3.63) is 45.3 Å². The number of hydrogen-bond donors (Lipinski definition) is 0. The topological polar surface area (TPSA) is 70.4 Å². The van der Waals surface area contributed by atoms with Crippen LogP contribution in [0.2, 0.25) is 0 Å². The Kier molecular flexibility index (Phi) is 6.04. The van der Waals surface area contributed by atoms with Crippen LogP contribution in [0.5, 0.6) is 5.75 Å². The Morgan fingerprint density at radius 2 is 2.00 bits per heavy atom. The Morgan fingerprint density at radius 3 is 2.60 bits per heavy atom. The van der Waals surface area contributed by atoms with Gasteiger partial charge < -0.3 is 9.47 Å². The first-order valence-electron chi connectivity index (χ1n) is 10.0. The van der Waals surface area contributed by atoms with Gasteiger partial charge >= 0.3 is 5.97 Å². The van der Waals surface area contributed by atoms with Crippen molar-refractivity contribution in [3.8, 4) is 16.9 Å². The first-order valence-corrected chi connectivity index (χ1v) is 10.8. The van der Waals surface area contributed by atoms with E-state index >= 15 is 0 Å². The van der Waals surface area contributed by atoms with Gasteiger partial charge in [0.1, 0.15) is 21.9 Å². The second-order valence-electron chi connectivity index (χ2n) is 7.99. The molecule has 0 radical (unpaired) electrons. The third kappa shape index (κ3) is 3.62. The largest absolute Gasteiger partial charge is 0.497 e. The Morgan fingerprint density at radius 1 is 1.30 bits per heavy atom. The zero-order chi connectivity index (χ0) is 22.2. The summed E-state index contributed by atoms with van der Waals surface area (Å²) in [6.45, 7) is 11.3. The molecule has 0 N–H and O–H groups in total. The summed E-state index contributed by atoms with van der Waals surface area (Å²) in [5.74, 6) is 0.790. The number of aryl methyl sites for hydroxylation is 1. The van der Waals surface area contributed by atoms with E-state index in [0.717, 1.165) is 16.0 Å². The molecule has 0 fully saturated rings. The molecule has 0 saturated carbocycles. The number of carbonyl (C=O) groups excluding carboxylic acids is 1. The smallest absolute Gasteiger partial charge is 0.331 e. The van der Waals surface area contributed by atoms with E-state index in [1.54, 1.807) is 27.9 Å². The summed E-state index contributed by atoms with van der Waals surface area (Å²) in [5.41, 5.74) is 0.295. The van der Waals surface area contributed by atoms with Crippen LogP contribution in [-0.4, -0.2) is 29.2 Å². The number of methoxy groups -OCH3 is 1. The number of hydrogen-bond acceptors (Lipinski definition) is 6. The first-order chi connectivity index (χ1) is 14.1. The molecular formula is C23H28N2O4S. The lowest BCUT2D eigenvalue weighted by molar-refractivity contribution is -0.152. The maximum atomic E-state index is 13.9. The quantitative estimate of drug-likeness (QED) is 0.524. The Labute approximate surface area is 180 Å². The number of benzene rings is 1. The summed E-state index contributed by atoms with van der Waals surface area (Å²) in [5, 5.41) is 0.521. The van der Waals surface area contributed by atoms with Crippen LogP contribution < -0.4 is 10.3 Å². The van der Waals surface area contributed by atoms with Gasteiger partial charge in [0, 0.05) is 16.4 Å². The molecule has 2 heterocycles. The molecule has 6 nitrogen and oxygen atoms in total. The van der Waals surface area contributed by atoms with Crippen molar-refractivity contribution >= 4 is 27.5 Å². The van der Waals surface area contributed by atoms with E-state index in [1.165, 1.54) is 15.9 Å². The molecule has 3 rings (SSSR count). The average Bonchev–Trinajstić information content (AvgIpc) is 3.04. The molecular weight excluding hydrogens is 400 g/mol. The van der Waals surface area contributed by atoms with Gasteiger partial charge in [0.05, 0.1) is 19.1 Å². The van der Waals surface area contributed by atoms with Crippen molar-refractivity contribution in [1.29, 1.82) is 0 Å². The number of aromatic nitrogens is 2. The summed E-state index contributed by atoms with van der Waals surface area (Å²) < 4.78 is 12.1. The SMILES string of the molecule is CCOC(=O)C(C)(C)n1c(C(C)C)nc2sc(C)c(-c3cccc(OC)c3)c2c1=O. The lowest BCUT2D eigenvalue weighted by atomic mass is 10.0. The molecule has 3 aromatic rings. The van der Waals surface area contributed by atoms with Crippen LogP contribution in [0.4, 0.5) is 0 Å². The highest BCUT2D eigenvalue weighted by molar-refractivity contribution is 7.19.